The lowest BCUT2D eigenvalue weighted by atomic mass is 9.98. The number of fused-ring (bicyclic) bond motifs is 3. The molecule has 8 nitrogen and oxygen atoms in total. The lowest BCUT2D eigenvalue weighted by Gasteiger charge is -2.17. The summed E-state index contributed by atoms with van der Waals surface area (Å²) in [5.74, 6) is -2.10. The molecular weight excluding hydrogens is 410 g/mol. The molecule has 3 aromatic rings. The molecule has 1 atom stereocenters. The minimum atomic E-state index is -1.28. The second-order valence-corrected chi connectivity index (χ2v) is 7.44. The second kappa shape index (κ2) is 8.89. The minimum absolute atomic E-state index is 0.0211. The van der Waals surface area contributed by atoms with Crippen LogP contribution in [0.1, 0.15) is 33.2 Å². The minimum Gasteiger partial charge on any atom is -0.480 e. The first-order valence-electron chi connectivity index (χ1n) is 10.0. The fourth-order valence-corrected chi connectivity index (χ4v) is 3.92. The van der Waals surface area contributed by atoms with Gasteiger partial charge in [-0.1, -0.05) is 54.6 Å². The van der Waals surface area contributed by atoms with Gasteiger partial charge in [-0.05, 0) is 34.4 Å². The highest BCUT2D eigenvalue weighted by Crippen LogP contribution is 2.44. The smallest absolute Gasteiger partial charge is 0.407 e. The van der Waals surface area contributed by atoms with E-state index in [1.54, 1.807) is 12.1 Å². The first kappa shape index (κ1) is 21.0. The van der Waals surface area contributed by atoms with E-state index in [1.807, 2.05) is 48.5 Å². The van der Waals surface area contributed by atoms with E-state index in [9.17, 15) is 19.5 Å². The van der Waals surface area contributed by atoms with Gasteiger partial charge in [-0.15, -0.1) is 0 Å². The third-order valence-electron chi connectivity index (χ3n) is 5.41. The van der Waals surface area contributed by atoms with E-state index in [-0.39, 0.29) is 24.6 Å². The van der Waals surface area contributed by atoms with Crippen LogP contribution in [0.15, 0.2) is 66.7 Å². The SMILES string of the molecule is NC(=O)c1cccc(C[C@H](NC(=O)OCC2c3ccccc3-c3ccccc32)C(=O)O)n1. The van der Waals surface area contributed by atoms with E-state index in [1.165, 1.54) is 6.07 Å². The van der Waals surface area contributed by atoms with Gasteiger partial charge in [0, 0.05) is 18.0 Å². The number of benzene rings is 2. The fraction of sp³-hybridized carbons (Fsp3) is 0.167. The van der Waals surface area contributed by atoms with Crippen molar-refractivity contribution in [2.75, 3.05) is 6.61 Å². The Balaban J connectivity index is 1.43. The van der Waals surface area contributed by atoms with Crippen LogP contribution in [0.25, 0.3) is 11.1 Å². The van der Waals surface area contributed by atoms with E-state index in [2.05, 4.69) is 10.3 Å². The average Bonchev–Trinajstić information content (AvgIpc) is 3.11. The Bertz CT molecular complexity index is 1150. The number of amides is 2. The molecule has 0 bridgehead atoms. The van der Waals surface area contributed by atoms with Gasteiger partial charge in [-0.2, -0.15) is 0 Å². The number of carboxylic acid groups (broad SMARTS) is 1. The van der Waals surface area contributed by atoms with Gasteiger partial charge >= 0.3 is 12.1 Å². The number of nitrogens with two attached hydrogens (primary N) is 1. The number of nitrogens with zero attached hydrogens (tertiary/aromatic N) is 1. The van der Waals surface area contributed by atoms with Crippen LogP contribution in [0.5, 0.6) is 0 Å². The maximum Gasteiger partial charge on any atom is 0.407 e. The predicted octanol–water partition coefficient (Wildman–Crippen LogP) is 2.71. The summed E-state index contributed by atoms with van der Waals surface area (Å²) >= 11 is 0. The Morgan fingerprint density at radius 1 is 0.969 bits per heavy atom. The number of aliphatic carboxylic acids is 1. The van der Waals surface area contributed by atoms with Crippen LogP contribution in [-0.2, 0) is 16.0 Å². The van der Waals surface area contributed by atoms with Gasteiger partial charge in [0.05, 0.1) is 0 Å². The number of hydrogen-bond acceptors (Lipinski definition) is 5. The van der Waals surface area contributed by atoms with Crippen molar-refractivity contribution in [3.63, 3.8) is 0 Å². The maximum absolute atomic E-state index is 12.4. The first-order valence-corrected chi connectivity index (χ1v) is 10.0. The number of rotatable bonds is 7. The summed E-state index contributed by atoms with van der Waals surface area (Å²) in [6.45, 7) is 0.0710. The molecule has 2 aromatic carbocycles. The third-order valence-corrected chi connectivity index (χ3v) is 5.41. The monoisotopic (exact) mass is 431 g/mol. The molecule has 1 aliphatic carbocycles. The molecule has 32 heavy (non-hydrogen) atoms. The molecule has 1 heterocycles. The number of carbonyl (C=O) groups excluding carboxylic acids is 2. The number of nitrogens with one attached hydrogen (secondary N) is 1. The molecule has 8 heteroatoms. The zero-order valence-electron chi connectivity index (χ0n) is 17.0. The van der Waals surface area contributed by atoms with Gasteiger partial charge < -0.3 is 20.9 Å². The number of ether oxygens (including phenoxy) is 1. The molecule has 0 radical (unpaired) electrons. The molecule has 4 N–H and O–H groups in total. The number of alkyl carbamates (subject to hydrolysis) is 1. The van der Waals surface area contributed by atoms with E-state index in [4.69, 9.17) is 10.5 Å². The maximum atomic E-state index is 12.4. The van der Waals surface area contributed by atoms with Gasteiger partial charge in [-0.25, -0.2) is 14.6 Å². The summed E-state index contributed by atoms with van der Waals surface area (Å²) in [7, 11) is 0. The summed E-state index contributed by atoms with van der Waals surface area (Å²) in [5, 5.41) is 11.9. The van der Waals surface area contributed by atoms with Gasteiger partial charge in [0.2, 0.25) is 0 Å². The average molecular weight is 431 g/mol. The lowest BCUT2D eigenvalue weighted by molar-refractivity contribution is -0.139. The molecule has 0 saturated carbocycles. The van der Waals surface area contributed by atoms with Crippen molar-refractivity contribution in [3.05, 3.63) is 89.2 Å². The Morgan fingerprint density at radius 3 is 2.19 bits per heavy atom. The van der Waals surface area contributed by atoms with Crippen molar-refractivity contribution in [3.8, 4) is 11.1 Å². The van der Waals surface area contributed by atoms with Crippen molar-refractivity contribution < 1.29 is 24.2 Å². The molecule has 2 amide bonds. The van der Waals surface area contributed by atoms with Crippen molar-refractivity contribution in [2.24, 2.45) is 5.73 Å². The second-order valence-electron chi connectivity index (χ2n) is 7.44. The van der Waals surface area contributed by atoms with Gasteiger partial charge in [0.15, 0.2) is 0 Å². The van der Waals surface area contributed by atoms with Crippen LogP contribution in [0.2, 0.25) is 0 Å². The number of hydrogen-bond donors (Lipinski definition) is 3. The lowest BCUT2D eigenvalue weighted by Crippen LogP contribution is -2.43. The van der Waals surface area contributed by atoms with Crippen molar-refractivity contribution >= 4 is 18.0 Å². The van der Waals surface area contributed by atoms with Crippen LogP contribution in [-0.4, -0.2) is 40.7 Å². The van der Waals surface area contributed by atoms with Crippen LogP contribution < -0.4 is 11.1 Å². The molecule has 4 rings (SSSR count). The quantitative estimate of drug-likeness (QED) is 0.527. The predicted molar refractivity (Wildman–Crippen MR) is 116 cm³/mol. The Hall–Kier alpha value is -4.20. The molecule has 162 valence electrons. The zero-order chi connectivity index (χ0) is 22.7. The van der Waals surface area contributed by atoms with Crippen molar-refractivity contribution in [2.45, 2.75) is 18.4 Å². The molecule has 1 aromatic heterocycles. The third kappa shape index (κ3) is 4.29. The molecular formula is C24H21N3O5. The Morgan fingerprint density at radius 2 is 1.59 bits per heavy atom. The topological polar surface area (TPSA) is 132 Å². The number of primary amides is 1. The highest BCUT2D eigenvalue weighted by Gasteiger charge is 2.30. The van der Waals surface area contributed by atoms with Crippen molar-refractivity contribution in [1.82, 2.24) is 10.3 Å². The molecule has 0 spiro atoms. The Kier molecular flexibility index (Phi) is 5.85. The number of carbonyl (C=O) groups is 3. The number of aromatic nitrogens is 1. The van der Waals surface area contributed by atoms with Gasteiger partial charge in [0.1, 0.15) is 18.3 Å². The summed E-state index contributed by atoms with van der Waals surface area (Å²) < 4.78 is 5.41. The van der Waals surface area contributed by atoms with Crippen molar-refractivity contribution in [1.29, 1.82) is 0 Å². The summed E-state index contributed by atoms with van der Waals surface area (Å²) in [4.78, 5) is 39.4. The molecule has 0 saturated heterocycles. The van der Waals surface area contributed by atoms with Crippen LogP contribution in [0, 0.1) is 0 Å². The molecule has 0 aliphatic heterocycles. The highest BCUT2D eigenvalue weighted by atomic mass is 16.5. The standard InChI is InChI=1S/C24H21N3O5/c25-22(28)20-11-5-6-14(26-20)12-21(23(29)30)27-24(31)32-13-19-17-9-3-1-7-15(17)16-8-2-4-10-18(16)19/h1-11,19,21H,12-13H2,(H2,25,28)(H,27,31)(H,29,30)/t21-/m0/s1. The zero-order valence-corrected chi connectivity index (χ0v) is 17.0. The summed E-state index contributed by atoms with van der Waals surface area (Å²) in [6.07, 6.45) is -0.967. The van der Waals surface area contributed by atoms with E-state index in [0.717, 1.165) is 22.3 Å². The Labute approximate surface area is 184 Å². The normalized spacial score (nSPS) is 13.0. The van der Waals surface area contributed by atoms with E-state index in [0.29, 0.717) is 5.69 Å². The van der Waals surface area contributed by atoms with E-state index >= 15 is 0 Å². The first-order chi connectivity index (χ1) is 15.4. The van der Waals surface area contributed by atoms with Crippen LogP contribution in [0.4, 0.5) is 4.79 Å². The highest BCUT2D eigenvalue weighted by molar-refractivity contribution is 5.90. The molecule has 0 fully saturated rings. The van der Waals surface area contributed by atoms with Crippen LogP contribution >= 0.6 is 0 Å². The molecule has 0 unspecified atom stereocenters. The van der Waals surface area contributed by atoms with E-state index < -0.39 is 24.0 Å². The van der Waals surface area contributed by atoms with Crippen LogP contribution in [0.3, 0.4) is 0 Å². The fourth-order valence-electron chi connectivity index (χ4n) is 3.92. The summed E-state index contributed by atoms with van der Waals surface area (Å²) in [5.41, 5.74) is 9.86. The van der Waals surface area contributed by atoms with Gasteiger partial charge in [-0.3, -0.25) is 4.79 Å². The molecule has 1 aliphatic rings. The number of pyridine rings is 1. The number of carboxylic acids is 1. The summed E-state index contributed by atoms with van der Waals surface area (Å²) in [6, 6.07) is 19.1. The largest absolute Gasteiger partial charge is 0.480 e. The van der Waals surface area contributed by atoms with Gasteiger partial charge in [0.25, 0.3) is 5.91 Å².